The van der Waals surface area contributed by atoms with E-state index < -0.39 is 6.10 Å². The van der Waals surface area contributed by atoms with Crippen molar-refractivity contribution < 1.29 is 28.6 Å². The van der Waals surface area contributed by atoms with E-state index in [4.69, 9.17) is 14.2 Å². The minimum Gasteiger partial charge on any atom is -0.462 e. The molecule has 0 aromatic heterocycles. The Labute approximate surface area is 425 Å². The molecule has 0 saturated carbocycles. The van der Waals surface area contributed by atoms with Crippen LogP contribution >= 0.6 is 0 Å². The van der Waals surface area contributed by atoms with Crippen LogP contribution in [-0.2, 0) is 28.6 Å². The number of ether oxygens (including phenoxy) is 3. The number of hydrogen-bond acceptors (Lipinski definition) is 6. The van der Waals surface area contributed by atoms with Crippen molar-refractivity contribution in [1.29, 1.82) is 0 Å². The first-order valence-electron chi connectivity index (χ1n) is 28.4. The summed E-state index contributed by atoms with van der Waals surface area (Å²) >= 11 is 0. The number of esters is 3. The Balaban J connectivity index is 4.57. The number of carbonyl (C=O) groups excluding carboxylic acids is 3. The fraction of sp³-hybridized carbons (Fsp3) is 0.667. The van der Waals surface area contributed by atoms with Gasteiger partial charge in [-0.3, -0.25) is 14.4 Å². The molecule has 0 fully saturated rings. The van der Waals surface area contributed by atoms with Gasteiger partial charge in [0.2, 0.25) is 0 Å². The zero-order chi connectivity index (χ0) is 50.0. The van der Waals surface area contributed by atoms with Gasteiger partial charge in [0, 0.05) is 19.3 Å². The van der Waals surface area contributed by atoms with Crippen LogP contribution in [0.5, 0.6) is 0 Å². The Hall–Kier alpha value is -3.93. The minimum atomic E-state index is -0.833. The molecule has 0 aliphatic carbocycles. The topological polar surface area (TPSA) is 78.9 Å². The molecular formula is C63H104O6. The highest BCUT2D eigenvalue weighted by Crippen LogP contribution is 2.13. The van der Waals surface area contributed by atoms with Gasteiger partial charge >= 0.3 is 17.9 Å². The summed E-state index contributed by atoms with van der Waals surface area (Å²) in [4.78, 5) is 38.1. The SMILES string of the molecule is CCCCC/C=C\C/C=C\C/C=C\C/C=C\CCCC(=O)OCC(COC(=O)CCCCCCCCC/C=C\CCCCCCCC)OC(=O)CCC/C=C\C/C=C\C/C=C\C/C=C\CCCCC. The standard InChI is InChI=1S/C63H104O6/c1-4-7-10-13-16-19-22-25-28-31-34-37-40-43-46-49-52-55-61(64)67-58-60(69-63(66)57-54-51-48-45-42-39-36-33-30-27-24-21-18-15-12-9-6-3)59-68-62(65)56-53-50-47-44-41-38-35-32-29-26-23-20-17-14-11-8-5-2/h16,18-19,21,25-30,34,36-37,39,43,45-46,48,60H,4-15,17,20,22-24,31-33,35,38,40-42,44,47,49-59H2,1-3H3/b19-16-,21-18-,28-25-,29-26-,30-27-,37-34-,39-36-,46-43-,48-45-. The Bertz CT molecular complexity index is 1420. The summed E-state index contributed by atoms with van der Waals surface area (Å²) in [7, 11) is 0. The van der Waals surface area contributed by atoms with Crippen LogP contribution in [-0.4, -0.2) is 37.2 Å². The molecule has 0 aromatic rings. The average molecular weight is 958 g/mol. The van der Waals surface area contributed by atoms with Crippen molar-refractivity contribution in [3.63, 3.8) is 0 Å². The molecule has 0 amide bonds. The van der Waals surface area contributed by atoms with E-state index in [1.165, 1.54) is 128 Å². The number of hydrogen-bond donors (Lipinski definition) is 0. The quantitative estimate of drug-likeness (QED) is 0.0262. The molecule has 1 unspecified atom stereocenters. The lowest BCUT2D eigenvalue weighted by Crippen LogP contribution is -2.30. The fourth-order valence-electron chi connectivity index (χ4n) is 7.42. The van der Waals surface area contributed by atoms with Gasteiger partial charge in [0.05, 0.1) is 0 Å². The highest BCUT2D eigenvalue weighted by molar-refractivity contribution is 5.71. The summed E-state index contributed by atoms with van der Waals surface area (Å²) in [5.74, 6) is -1.04. The van der Waals surface area contributed by atoms with Gasteiger partial charge in [-0.1, -0.05) is 220 Å². The minimum absolute atomic E-state index is 0.120. The zero-order valence-corrected chi connectivity index (χ0v) is 44.8. The third kappa shape index (κ3) is 54.9. The molecule has 6 nitrogen and oxygen atoms in total. The van der Waals surface area contributed by atoms with E-state index in [2.05, 4.69) is 130 Å². The van der Waals surface area contributed by atoms with Gasteiger partial charge in [0.1, 0.15) is 13.2 Å². The van der Waals surface area contributed by atoms with E-state index in [1.807, 2.05) is 0 Å². The second-order valence-corrected chi connectivity index (χ2v) is 18.5. The van der Waals surface area contributed by atoms with Crippen LogP contribution in [0.2, 0.25) is 0 Å². The molecule has 0 heterocycles. The molecule has 0 aromatic carbocycles. The molecule has 0 spiro atoms. The highest BCUT2D eigenvalue weighted by Gasteiger charge is 2.19. The van der Waals surface area contributed by atoms with E-state index in [0.717, 1.165) is 70.6 Å². The van der Waals surface area contributed by atoms with Crippen molar-refractivity contribution in [3.8, 4) is 0 Å². The summed E-state index contributed by atoms with van der Waals surface area (Å²) in [6, 6.07) is 0. The van der Waals surface area contributed by atoms with Gasteiger partial charge in [-0.2, -0.15) is 0 Å². The summed E-state index contributed by atoms with van der Waals surface area (Å²) < 4.78 is 16.8. The zero-order valence-electron chi connectivity index (χ0n) is 44.8. The third-order valence-electron chi connectivity index (χ3n) is 11.7. The smallest absolute Gasteiger partial charge is 0.306 e. The van der Waals surface area contributed by atoms with Crippen LogP contribution in [0, 0.1) is 0 Å². The van der Waals surface area contributed by atoms with Crippen molar-refractivity contribution in [1.82, 2.24) is 0 Å². The maximum Gasteiger partial charge on any atom is 0.306 e. The third-order valence-corrected chi connectivity index (χ3v) is 11.7. The van der Waals surface area contributed by atoms with Crippen molar-refractivity contribution in [3.05, 3.63) is 109 Å². The van der Waals surface area contributed by atoms with Crippen LogP contribution in [0.25, 0.3) is 0 Å². The van der Waals surface area contributed by atoms with Gasteiger partial charge in [-0.05, 0) is 122 Å². The van der Waals surface area contributed by atoms with Gasteiger partial charge in [-0.15, -0.1) is 0 Å². The normalized spacial score (nSPS) is 12.9. The maximum atomic E-state index is 12.8. The first kappa shape index (κ1) is 65.1. The first-order valence-corrected chi connectivity index (χ1v) is 28.4. The summed E-state index contributed by atoms with van der Waals surface area (Å²) in [6.07, 6.45) is 76.5. The van der Waals surface area contributed by atoms with E-state index in [-0.39, 0.29) is 44.0 Å². The molecule has 0 aliphatic rings. The van der Waals surface area contributed by atoms with Crippen molar-refractivity contribution >= 4 is 17.9 Å². The Morgan fingerprint density at radius 3 is 0.913 bits per heavy atom. The van der Waals surface area contributed by atoms with E-state index in [0.29, 0.717) is 19.3 Å². The summed E-state index contributed by atoms with van der Waals surface area (Å²) in [6.45, 7) is 6.48. The Morgan fingerprint density at radius 2 is 0.536 bits per heavy atom. The predicted molar refractivity (Wildman–Crippen MR) is 297 cm³/mol. The van der Waals surface area contributed by atoms with Crippen molar-refractivity contribution in [2.45, 2.75) is 258 Å². The summed E-state index contributed by atoms with van der Waals surface area (Å²) in [5, 5.41) is 0. The molecule has 0 N–H and O–H groups in total. The summed E-state index contributed by atoms with van der Waals surface area (Å²) in [5.41, 5.74) is 0. The Morgan fingerprint density at radius 1 is 0.290 bits per heavy atom. The number of unbranched alkanes of at least 4 members (excludes halogenated alkanes) is 21. The molecule has 69 heavy (non-hydrogen) atoms. The molecule has 1 atom stereocenters. The molecule has 392 valence electrons. The first-order chi connectivity index (χ1) is 34.0. The number of carbonyl (C=O) groups is 3. The molecule has 0 bridgehead atoms. The lowest BCUT2D eigenvalue weighted by Gasteiger charge is -2.18. The van der Waals surface area contributed by atoms with Gasteiger partial charge < -0.3 is 14.2 Å². The monoisotopic (exact) mass is 957 g/mol. The predicted octanol–water partition coefficient (Wildman–Crippen LogP) is 19.1. The second kappa shape index (κ2) is 56.7. The van der Waals surface area contributed by atoms with E-state index in [9.17, 15) is 14.4 Å². The molecule has 0 rings (SSSR count). The van der Waals surface area contributed by atoms with Gasteiger partial charge in [0.15, 0.2) is 6.10 Å². The van der Waals surface area contributed by atoms with Crippen LogP contribution in [0.1, 0.15) is 252 Å². The average Bonchev–Trinajstić information content (AvgIpc) is 3.35. The number of rotatable bonds is 50. The van der Waals surface area contributed by atoms with Gasteiger partial charge in [-0.25, -0.2) is 0 Å². The lowest BCUT2D eigenvalue weighted by atomic mass is 10.1. The molecule has 0 saturated heterocycles. The van der Waals surface area contributed by atoms with Gasteiger partial charge in [0.25, 0.3) is 0 Å². The fourth-order valence-corrected chi connectivity index (χ4v) is 7.42. The molecule has 0 aliphatic heterocycles. The van der Waals surface area contributed by atoms with E-state index in [1.54, 1.807) is 0 Å². The van der Waals surface area contributed by atoms with Crippen molar-refractivity contribution in [2.24, 2.45) is 0 Å². The molecule has 6 heteroatoms. The van der Waals surface area contributed by atoms with Crippen molar-refractivity contribution in [2.75, 3.05) is 13.2 Å². The molecular weight excluding hydrogens is 853 g/mol. The largest absolute Gasteiger partial charge is 0.462 e. The lowest BCUT2D eigenvalue weighted by molar-refractivity contribution is -0.167. The van der Waals surface area contributed by atoms with E-state index >= 15 is 0 Å². The number of allylic oxidation sites excluding steroid dienone is 18. The maximum absolute atomic E-state index is 12.8. The Kier molecular flexibility index (Phi) is 53.4. The van der Waals surface area contributed by atoms with Crippen LogP contribution in [0.15, 0.2) is 109 Å². The van der Waals surface area contributed by atoms with Crippen LogP contribution < -0.4 is 0 Å². The molecule has 0 radical (unpaired) electrons. The van der Waals surface area contributed by atoms with Crippen LogP contribution in [0.3, 0.4) is 0 Å². The van der Waals surface area contributed by atoms with Crippen LogP contribution in [0.4, 0.5) is 0 Å². The highest BCUT2D eigenvalue weighted by atomic mass is 16.6. The second-order valence-electron chi connectivity index (χ2n) is 18.5.